The molecule has 9 heavy (non-hydrogen) atoms. The number of hydrogen-bond donors (Lipinski definition) is 1. The maximum Gasteiger partial charge on any atom is 0.307 e. The van der Waals surface area contributed by atoms with Gasteiger partial charge < -0.3 is 5.11 Å². The third-order valence-corrected chi connectivity index (χ3v) is 0.983. The van der Waals surface area contributed by atoms with Gasteiger partial charge in [-0.25, -0.2) is 0 Å². The quantitative estimate of drug-likeness (QED) is 0.588. The van der Waals surface area contributed by atoms with Crippen LogP contribution in [0.4, 0.5) is 0 Å². The number of rotatable bonds is 3. The Hall–Kier alpha value is -0.790. The Bertz CT molecular complexity index is 125. The Kier molecular flexibility index (Phi) is 3.76. The van der Waals surface area contributed by atoms with Crippen molar-refractivity contribution in [1.29, 1.82) is 0 Å². The summed E-state index contributed by atoms with van der Waals surface area (Å²) in [6, 6.07) is 0. The predicted octanol–water partition coefficient (Wildman–Crippen LogP) is 1.82. The van der Waals surface area contributed by atoms with E-state index in [1.165, 1.54) is 0 Å². The van der Waals surface area contributed by atoms with E-state index in [4.69, 9.17) is 5.11 Å². The molecule has 2 nitrogen and oxygen atoms in total. The van der Waals surface area contributed by atoms with Gasteiger partial charge in [0.05, 0.1) is 6.42 Å². The first-order valence-electron chi connectivity index (χ1n) is 3.04. The van der Waals surface area contributed by atoms with Gasteiger partial charge in [-0.2, -0.15) is 0 Å². The van der Waals surface area contributed by atoms with E-state index >= 15 is 0 Å². The average molecular weight is 128 g/mol. The summed E-state index contributed by atoms with van der Waals surface area (Å²) in [6.45, 7) is 3.82. The maximum absolute atomic E-state index is 10.0. The van der Waals surface area contributed by atoms with Crippen LogP contribution in [0.1, 0.15) is 26.7 Å². The predicted molar refractivity (Wildman–Crippen MR) is 36.3 cm³/mol. The second-order valence-electron chi connectivity index (χ2n) is 2.03. The summed E-state index contributed by atoms with van der Waals surface area (Å²) >= 11 is 0. The molecular formula is C7H12O2. The van der Waals surface area contributed by atoms with Crippen molar-refractivity contribution in [3.63, 3.8) is 0 Å². The zero-order valence-electron chi connectivity index (χ0n) is 5.85. The Morgan fingerprint density at radius 3 is 2.56 bits per heavy atom. The van der Waals surface area contributed by atoms with Crippen LogP contribution >= 0.6 is 0 Å². The summed E-state index contributed by atoms with van der Waals surface area (Å²) in [5.41, 5.74) is 0.935. The lowest BCUT2D eigenvalue weighted by Crippen LogP contribution is -1.94. The molecule has 0 aliphatic rings. The molecule has 0 heterocycles. The second-order valence-corrected chi connectivity index (χ2v) is 2.03. The van der Waals surface area contributed by atoms with Crippen LogP contribution in [-0.2, 0) is 4.79 Å². The van der Waals surface area contributed by atoms with Crippen LogP contribution in [0.25, 0.3) is 0 Å². The SMILES string of the molecule is CC/C=C(\C)CC(=O)O. The van der Waals surface area contributed by atoms with Gasteiger partial charge in [0.1, 0.15) is 0 Å². The lowest BCUT2D eigenvalue weighted by atomic mass is 10.2. The van der Waals surface area contributed by atoms with Crippen LogP contribution < -0.4 is 0 Å². The van der Waals surface area contributed by atoms with Crippen LogP contribution in [-0.4, -0.2) is 11.1 Å². The fraction of sp³-hybridized carbons (Fsp3) is 0.571. The largest absolute Gasteiger partial charge is 0.481 e. The van der Waals surface area contributed by atoms with Crippen molar-refractivity contribution >= 4 is 5.97 Å². The van der Waals surface area contributed by atoms with Gasteiger partial charge in [-0.15, -0.1) is 0 Å². The van der Waals surface area contributed by atoms with Crippen molar-refractivity contribution in [1.82, 2.24) is 0 Å². The first-order chi connectivity index (χ1) is 4.16. The monoisotopic (exact) mass is 128 g/mol. The smallest absolute Gasteiger partial charge is 0.307 e. The highest BCUT2D eigenvalue weighted by Crippen LogP contribution is 1.99. The van der Waals surface area contributed by atoms with Crippen molar-refractivity contribution in [2.75, 3.05) is 0 Å². The number of carbonyl (C=O) groups is 1. The third-order valence-electron chi connectivity index (χ3n) is 0.983. The number of hydrogen-bond acceptors (Lipinski definition) is 1. The minimum Gasteiger partial charge on any atom is -0.481 e. The summed E-state index contributed by atoms with van der Waals surface area (Å²) in [6.07, 6.45) is 3.01. The molecule has 0 amide bonds. The van der Waals surface area contributed by atoms with Crippen LogP contribution in [0.15, 0.2) is 11.6 Å². The summed E-state index contributed by atoms with van der Waals surface area (Å²) < 4.78 is 0. The fourth-order valence-electron chi connectivity index (χ4n) is 0.659. The third kappa shape index (κ3) is 5.07. The summed E-state index contributed by atoms with van der Waals surface area (Å²) in [5, 5.41) is 8.27. The van der Waals surface area contributed by atoms with Crippen molar-refractivity contribution in [3.8, 4) is 0 Å². The molecule has 0 aliphatic heterocycles. The minimum atomic E-state index is -0.753. The molecule has 0 saturated heterocycles. The molecule has 0 atom stereocenters. The van der Waals surface area contributed by atoms with Gasteiger partial charge in [0.25, 0.3) is 0 Å². The van der Waals surface area contributed by atoms with E-state index in [9.17, 15) is 4.79 Å². The Morgan fingerprint density at radius 1 is 1.67 bits per heavy atom. The van der Waals surface area contributed by atoms with E-state index in [-0.39, 0.29) is 6.42 Å². The molecule has 0 spiro atoms. The van der Waals surface area contributed by atoms with Crippen molar-refractivity contribution in [2.45, 2.75) is 26.7 Å². The van der Waals surface area contributed by atoms with E-state index < -0.39 is 5.97 Å². The Balaban J connectivity index is 3.62. The Morgan fingerprint density at radius 2 is 2.22 bits per heavy atom. The van der Waals surface area contributed by atoms with E-state index in [2.05, 4.69) is 0 Å². The second kappa shape index (κ2) is 4.13. The molecule has 0 unspecified atom stereocenters. The minimum absolute atomic E-state index is 0.174. The normalized spacial score (nSPS) is 11.6. The van der Waals surface area contributed by atoms with Gasteiger partial charge in [0.2, 0.25) is 0 Å². The van der Waals surface area contributed by atoms with Crippen molar-refractivity contribution < 1.29 is 9.90 Å². The van der Waals surface area contributed by atoms with Gasteiger partial charge >= 0.3 is 5.97 Å². The van der Waals surface area contributed by atoms with Gasteiger partial charge in [0, 0.05) is 0 Å². The first-order valence-corrected chi connectivity index (χ1v) is 3.04. The van der Waals surface area contributed by atoms with E-state index in [1.54, 1.807) is 0 Å². The van der Waals surface area contributed by atoms with Gasteiger partial charge in [0.15, 0.2) is 0 Å². The van der Waals surface area contributed by atoms with E-state index in [1.807, 2.05) is 19.9 Å². The molecule has 0 rings (SSSR count). The standard InChI is InChI=1S/C7H12O2/c1-3-4-6(2)5-7(8)9/h4H,3,5H2,1-2H3,(H,8,9)/b6-4+. The fourth-order valence-corrected chi connectivity index (χ4v) is 0.659. The lowest BCUT2D eigenvalue weighted by molar-refractivity contribution is -0.136. The topological polar surface area (TPSA) is 37.3 Å². The zero-order chi connectivity index (χ0) is 7.28. The molecule has 0 bridgehead atoms. The molecule has 1 N–H and O–H groups in total. The van der Waals surface area contributed by atoms with Gasteiger partial charge in [-0.1, -0.05) is 18.6 Å². The molecule has 0 saturated carbocycles. The van der Waals surface area contributed by atoms with Crippen LogP contribution in [0, 0.1) is 0 Å². The molecule has 0 radical (unpaired) electrons. The highest BCUT2D eigenvalue weighted by Gasteiger charge is 1.95. The maximum atomic E-state index is 10.0. The molecule has 2 heteroatoms. The van der Waals surface area contributed by atoms with Crippen molar-refractivity contribution in [2.24, 2.45) is 0 Å². The zero-order valence-corrected chi connectivity index (χ0v) is 5.85. The number of allylic oxidation sites excluding steroid dienone is 1. The highest BCUT2D eigenvalue weighted by molar-refractivity contribution is 5.69. The molecule has 0 aromatic rings. The number of aliphatic carboxylic acids is 1. The Labute approximate surface area is 55.2 Å². The van der Waals surface area contributed by atoms with Gasteiger partial charge in [-0.05, 0) is 13.3 Å². The average Bonchev–Trinajstić information content (AvgIpc) is 1.63. The highest BCUT2D eigenvalue weighted by atomic mass is 16.4. The van der Waals surface area contributed by atoms with E-state index in [0.29, 0.717) is 0 Å². The summed E-state index contributed by atoms with van der Waals surface area (Å²) in [7, 11) is 0. The molecule has 0 fully saturated rings. The lowest BCUT2D eigenvalue weighted by Gasteiger charge is -1.92. The molecular weight excluding hydrogens is 116 g/mol. The number of carboxylic acids is 1. The molecule has 0 aliphatic carbocycles. The molecule has 0 aromatic heterocycles. The summed E-state index contributed by atoms with van der Waals surface area (Å²) in [5.74, 6) is -0.753. The molecule has 52 valence electrons. The van der Waals surface area contributed by atoms with Crippen LogP contribution in [0.5, 0.6) is 0 Å². The van der Waals surface area contributed by atoms with E-state index in [0.717, 1.165) is 12.0 Å². The van der Waals surface area contributed by atoms with Gasteiger partial charge in [-0.3, -0.25) is 4.79 Å². The number of carboxylic acid groups (broad SMARTS) is 1. The van der Waals surface area contributed by atoms with Crippen molar-refractivity contribution in [3.05, 3.63) is 11.6 Å². The molecule has 0 aromatic carbocycles. The first kappa shape index (κ1) is 8.21. The van der Waals surface area contributed by atoms with Crippen LogP contribution in [0.3, 0.4) is 0 Å². The summed E-state index contributed by atoms with van der Waals surface area (Å²) in [4.78, 5) is 10.0. The van der Waals surface area contributed by atoms with Crippen LogP contribution in [0.2, 0.25) is 0 Å².